The van der Waals surface area contributed by atoms with Gasteiger partial charge >= 0.3 is 5.97 Å². The van der Waals surface area contributed by atoms with Gasteiger partial charge in [0.05, 0.1) is 36.6 Å². The van der Waals surface area contributed by atoms with Gasteiger partial charge in [-0.2, -0.15) is 0 Å². The van der Waals surface area contributed by atoms with Gasteiger partial charge in [0.2, 0.25) is 0 Å². The van der Waals surface area contributed by atoms with Crippen LogP contribution >= 0.6 is 23.2 Å². The van der Waals surface area contributed by atoms with Gasteiger partial charge in [-0.25, -0.2) is 4.79 Å². The number of benzene rings is 3. The van der Waals surface area contributed by atoms with Gasteiger partial charge in [-0.3, -0.25) is 4.99 Å². The lowest BCUT2D eigenvalue weighted by Gasteiger charge is -2.28. The van der Waals surface area contributed by atoms with Crippen molar-refractivity contribution in [3.8, 4) is 11.5 Å². The zero-order valence-electron chi connectivity index (χ0n) is 18.0. The predicted octanol–water partition coefficient (Wildman–Crippen LogP) is 5.81. The lowest BCUT2D eigenvalue weighted by Crippen LogP contribution is -2.36. The summed E-state index contributed by atoms with van der Waals surface area (Å²) in [4.78, 5) is 19.3. The van der Waals surface area contributed by atoms with Crippen LogP contribution in [-0.2, 0) is 4.74 Å². The fourth-order valence-electron chi connectivity index (χ4n) is 3.38. The Bertz CT molecular complexity index is 1160. The van der Waals surface area contributed by atoms with Crippen molar-refractivity contribution in [1.82, 2.24) is 0 Å². The van der Waals surface area contributed by atoms with Crippen molar-refractivity contribution in [2.45, 2.75) is 0 Å². The van der Waals surface area contributed by atoms with E-state index < -0.39 is 5.97 Å². The fourth-order valence-corrected chi connectivity index (χ4v) is 3.86. The Morgan fingerprint density at radius 2 is 1.76 bits per heavy atom. The van der Waals surface area contributed by atoms with Crippen molar-refractivity contribution in [1.29, 1.82) is 0 Å². The summed E-state index contributed by atoms with van der Waals surface area (Å²) in [7, 11) is 1.51. The third kappa shape index (κ3) is 5.85. The quantitative estimate of drug-likeness (QED) is 0.251. The SMILES string of the molecule is COc1cc(C=Nc2ccc(N3CCOCC3)cc2)ccc1OC(=O)c1ccc(Cl)cc1Cl. The highest BCUT2D eigenvalue weighted by atomic mass is 35.5. The van der Waals surface area contributed by atoms with Crippen LogP contribution in [0.25, 0.3) is 0 Å². The highest BCUT2D eigenvalue weighted by molar-refractivity contribution is 6.36. The Morgan fingerprint density at radius 1 is 1.00 bits per heavy atom. The number of hydrogen-bond donors (Lipinski definition) is 0. The van der Waals surface area contributed by atoms with E-state index in [1.165, 1.54) is 19.2 Å². The van der Waals surface area contributed by atoms with Crippen LogP contribution in [-0.4, -0.2) is 45.6 Å². The molecule has 3 aromatic rings. The Kier molecular flexibility index (Phi) is 7.50. The first-order valence-electron chi connectivity index (χ1n) is 10.4. The Balaban J connectivity index is 1.45. The number of morpholine rings is 1. The number of ether oxygens (including phenoxy) is 3. The number of carbonyl (C=O) groups excluding carboxylic acids is 1. The van der Waals surface area contributed by atoms with E-state index in [4.69, 9.17) is 37.4 Å². The topological polar surface area (TPSA) is 60.4 Å². The number of methoxy groups -OCH3 is 1. The molecule has 0 aliphatic carbocycles. The molecule has 0 atom stereocenters. The molecule has 1 aliphatic heterocycles. The summed E-state index contributed by atoms with van der Waals surface area (Å²) in [6.07, 6.45) is 1.73. The van der Waals surface area contributed by atoms with Crippen LogP contribution in [0.2, 0.25) is 10.0 Å². The number of carbonyl (C=O) groups is 1. The molecule has 1 fully saturated rings. The van der Waals surface area contributed by atoms with Crippen molar-refractivity contribution >= 4 is 46.8 Å². The van der Waals surface area contributed by atoms with Gasteiger partial charge in [-0.05, 0) is 66.2 Å². The average molecular weight is 485 g/mol. The van der Waals surface area contributed by atoms with E-state index in [1.54, 1.807) is 30.5 Å². The minimum absolute atomic E-state index is 0.217. The molecule has 0 aromatic heterocycles. The maximum Gasteiger partial charge on any atom is 0.345 e. The third-order valence-electron chi connectivity index (χ3n) is 5.13. The normalized spacial score (nSPS) is 13.8. The van der Waals surface area contributed by atoms with E-state index in [1.807, 2.05) is 12.1 Å². The molecule has 8 heteroatoms. The lowest BCUT2D eigenvalue weighted by molar-refractivity contribution is 0.0730. The first-order valence-corrected chi connectivity index (χ1v) is 11.1. The zero-order chi connectivity index (χ0) is 23.2. The molecule has 0 bridgehead atoms. The molecule has 1 saturated heterocycles. The minimum atomic E-state index is -0.600. The molecule has 1 aliphatic rings. The first kappa shape index (κ1) is 23.1. The van der Waals surface area contributed by atoms with Crippen LogP contribution in [0.4, 0.5) is 11.4 Å². The second-order valence-electron chi connectivity index (χ2n) is 7.30. The highest BCUT2D eigenvalue weighted by Crippen LogP contribution is 2.30. The summed E-state index contributed by atoms with van der Waals surface area (Å²) in [6, 6.07) is 17.9. The smallest absolute Gasteiger partial charge is 0.345 e. The van der Waals surface area contributed by atoms with Gasteiger partial charge in [-0.15, -0.1) is 0 Å². The lowest BCUT2D eigenvalue weighted by atomic mass is 10.2. The van der Waals surface area contributed by atoms with E-state index in [9.17, 15) is 4.79 Å². The van der Waals surface area contributed by atoms with Crippen LogP contribution in [0.5, 0.6) is 11.5 Å². The van der Waals surface area contributed by atoms with Crippen LogP contribution in [0.15, 0.2) is 65.7 Å². The summed E-state index contributed by atoms with van der Waals surface area (Å²) in [6.45, 7) is 3.28. The van der Waals surface area contributed by atoms with E-state index in [2.05, 4.69) is 22.0 Å². The van der Waals surface area contributed by atoms with Gasteiger partial charge in [0, 0.05) is 30.0 Å². The maximum absolute atomic E-state index is 12.5. The molecular weight excluding hydrogens is 463 g/mol. The molecule has 0 N–H and O–H groups in total. The highest BCUT2D eigenvalue weighted by Gasteiger charge is 2.16. The predicted molar refractivity (Wildman–Crippen MR) is 131 cm³/mol. The second-order valence-corrected chi connectivity index (χ2v) is 8.14. The molecule has 3 aromatic carbocycles. The van der Waals surface area contributed by atoms with E-state index in [-0.39, 0.29) is 16.3 Å². The molecule has 0 amide bonds. The van der Waals surface area contributed by atoms with Crippen LogP contribution in [0, 0.1) is 0 Å². The third-order valence-corrected chi connectivity index (χ3v) is 5.68. The number of nitrogens with zero attached hydrogens (tertiary/aromatic N) is 2. The van der Waals surface area contributed by atoms with Crippen molar-refractivity contribution in [3.05, 3.63) is 81.8 Å². The van der Waals surface area contributed by atoms with E-state index >= 15 is 0 Å². The Hall–Kier alpha value is -3.06. The summed E-state index contributed by atoms with van der Waals surface area (Å²) < 4.78 is 16.3. The average Bonchev–Trinajstić information content (AvgIpc) is 2.84. The maximum atomic E-state index is 12.5. The molecule has 4 rings (SSSR count). The zero-order valence-corrected chi connectivity index (χ0v) is 19.5. The summed E-state index contributed by atoms with van der Waals surface area (Å²) in [5, 5.41) is 0.656. The number of anilines is 1. The van der Waals surface area contributed by atoms with Crippen molar-refractivity contribution in [3.63, 3.8) is 0 Å². The number of esters is 1. The van der Waals surface area contributed by atoms with Gasteiger partial charge in [0.1, 0.15) is 0 Å². The van der Waals surface area contributed by atoms with Crippen LogP contribution < -0.4 is 14.4 Å². The fraction of sp³-hybridized carbons (Fsp3) is 0.200. The van der Waals surface area contributed by atoms with Crippen LogP contribution in [0.1, 0.15) is 15.9 Å². The number of aliphatic imine (C=N–C) groups is 1. The molecule has 0 saturated carbocycles. The monoisotopic (exact) mass is 484 g/mol. The molecule has 170 valence electrons. The standard InChI is InChI=1S/C25H22Cl2N2O4/c1-31-24-14-17(2-9-23(24)33-25(30)21-8-3-18(26)15-22(21)27)16-28-19-4-6-20(7-5-19)29-10-12-32-13-11-29/h2-9,14-16H,10-13H2,1H3. The number of hydrogen-bond acceptors (Lipinski definition) is 6. The molecular formula is C25H22Cl2N2O4. The minimum Gasteiger partial charge on any atom is -0.493 e. The molecule has 6 nitrogen and oxygen atoms in total. The number of halogens is 2. The molecule has 1 heterocycles. The number of rotatable bonds is 6. The largest absolute Gasteiger partial charge is 0.493 e. The van der Waals surface area contributed by atoms with Gasteiger partial charge < -0.3 is 19.1 Å². The first-order chi connectivity index (χ1) is 16.0. The molecule has 0 spiro atoms. The summed E-state index contributed by atoms with van der Waals surface area (Å²) in [5.41, 5.74) is 3.01. The van der Waals surface area contributed by atoms with E-state index in [0.29, 0.717) is 10.8 Å². The molecule has 33 heavy (non-hydrogen) atoms. The van der Waals surface area contributed by atoms with Gasteiger partial charge in [0.15, 0.2) is 11.5 Å². The van der Waals surface area contributed by atoms with Crippen LogP contribution in [0.3, 0.4) is 0 Å². The molecule has 0 unspecified atom stereocenters. The summed E-state index contributed by atoms with van der Waals surface area (Å²) in [5.74, 6) is 0.0809. The Labute approximate surface area is 202 Å². The van der Waals surface area contributed by atoms with Crippen molar-refractivity contribution in [2.75, 3.05) is 38.3 Å². The van der Waals surface area contributed by atoms with Gasteiger partial charge in [0.25, 0.3) is 0 Å². The van der Waals surface area contributed by atoms with Gasteiger partial charge in [-0.1, -0.05) is 23.2 Å². The van der Waals surface area contributed by atoms with E-state index in [0.717, 1.165) is 43.2 Å². The van der Waals surface area contributed by atoms with Crippen molar-refractivity contribution in [2.24, 2.45) is 4.99 Å². The Morgan fingerprint density at radius 3 is 2.45 bits per heavy atom. The summed E-state index contributed by atoms with van der Waals surface area (Å²) >= 11 is 12.0. The second kappa shape index (κ2) is 10.7. The van der Waals surface area contributed by atoms with Crippen molar-refractivity contribution < 1.29 is 19.0 Å². The molecule has 0 radical (unpaired) electrons.